The zero-order valence-electron chi connectivity index (χ0n) is 10.3. The zero-order valence-corrected chi connectivity index (χ0v) is 10.3. The molecule has 2 aromatic heterocycles. The lowest BCUT2D eigenvalue weighted by molar-refractivity contribution is 0.0665. The Morgan fingerprint density at radius 1 is 1.58 bits per heavy atom. The quantitative estimate of drug-likeness (QED) is 0.748. The molecule has 0 fully saturated rings. The number of nitrogens with two attached hydrogens (primary N) is 1. The molecule has 3 aromatic rings. The molecule has 98 valence electrons. The lowest BCUT2D eigenvalue weighted by atomic mass is 10.2. The Bertz CT molecular complexity index is 770. The summed E-state index contributed by atoms with van der Waals surface area (Å²) in [6.07, 6.45) is 1.74. The van der Waals surface area contributed by atoms with Crippen LogP contribution in [0.5, 0.6) is 0 Å². The van der Waals surface area contributed by atoms with Crippen LogP contribution in [0.4, 0.5) is 0 Å². The van der Waals surface area contributed by atoms with E-state index in [0.717, 1.165) is 16.3 Å². The first-order valence-corrected chi connectivity index (χ1v) is 5.93. The molecule has 3 N–H and O–H groups in total. The van der Waals surface area contributed by atoms with E-state index in [1.807, 2.05) is 13.0 Å². The second kappa shape index (κ2) is 4.10. The number of carboxylic acid groups (broad SMARTS) is 1. The maximum atomic E-state index is 11.0. The molecule has 0 spiro atoms. The molecule has 0 aliphatic heterocycles. The number of nitrogens with zero attached hydrogens (tertiary/aromatic N) is 2. The molecule has 2 heterocycles. The van der Waals surface area contributed by atoms with Crippen molar-refractivity contribution in [1.82, 2.24) is 9.78 Å². The van der Waals surface area contributed by atoms with Crippen molar-refractivity contribution in [3.63, 3.8) is 0 Å². The van der Waals surface area contributed by atoms with E-state index in [1.165, 1.54) is 6.07 Å². The van der Waals surface area contributed by atoms with Crippen LogP contribution >= 0.6 is 0 Å². The van der Waals surface area contributed by atoms with Gasteiger partial charge in [-0.2, -0.15) is 5.10 Å². The highest BCUT2D eigenvalue weighted by Gasteiger charge is 2.15. The van der Waals surface area contributed by atoms with Crippen LogP contribution < -0.4 is 5.73 Å². The molecular formula is C13H13N3O3. The number of hydrogen-bond acceptors (Lipinski definition) is 4. The van der Waals surface area contributed by atoms with E-state index in [2.05, 4.69) is 5.10 Å². The topological polar surface area (TPSA) is 94.3 Å². The maximum absolute atomic E-state index is 11.0. The van der Waals surface area contributed by atoms with E-state index in [4.69, 9.17) is 15.3 Å². The smallest absolute Gasteiger partial charge is 0.371 e. The van der Waals surface area contributed by atoms with Gasteiger partial charge in [-0.3, -0.25) is 4.68 Å². The van der Waals surface area contributed by atoms with E-state index < -0.39 is 5.97 Å². The third-order valence-electron chi connectivity index (χ3n) is 2.97. The first kappa shape index (κ1) is 11.7. The Morgan fingerprint density at radius 2 is 2.37 bits per heavy atom. The SMILES string of the molecule is CC(N)Cn1ncc2ccc3oc(C(=O)O)cc3c21. The average molecular weight is 259 g/mol. The molecule has 1 unspecified atom stereocenters. The maximum Gasteiger partial charge on any atom is 0.371 e. The second-order valence-electron chi connectivity index (χ2n) is 4.63. The molecular weight excluding hydrogens is 246 g/mol. The summed E-state index contributed by atoms with van der Waals surface area (Å²) < 4.78 is 7.08. The number of fused-ring (bicyclic) bond motifs is 3. The summed E-state index contributed by atoms with van der Waals surface area (Å²) in [5.41, 5.74) is 7.18. The number of furan rings is 1. The monoisotopic (exact) mass is 259 g/mol. The van der Waals surface area contributed by atoms with Gasteiger partial charge in [0.05, 0.1) is 18.3 Å². The molecule has 6 nitrogen and oxygen atoms in total. The predicted octanol–water partition coefficient (Wildman–Crippen LogP) is 1.83. The van der Waals surface area contributed by atoms with Gasteiger partial charge in [0, 0.05) is 22.9 Å². The molecule has 3 rings (SSSR count). The molecule has 0 amide bonds. The van der Waals surface area contributed by atoms with E-state index in [0.29, 0.717) is 12.1 Å². The molecule has 19 heavy (non-hydrogen) atoms. The van der Waals surface area contributed by atoms with Crippen LogP contribution in [0.2, 0.25) is 0 Å². The highest BCUT2D eigenvalue weighted by atomic mass is 16.4. The summed E-state index contributed by atoms with van der Waals surface area (Å²) in [6, 6.07) is 5.10. The van der Waals surface area contributed by atoms with Gasteiger partial charge in [0.1, 0.15) is 5.58 Å². The minimum Gasteiger partial charge on any atom is -0.475 e. The highest BCUT2D eigenvalue weighted by molar-refractivity contribution is 6.06. The van der Waals surface area contributed by atoms with Crippen LogP contribution in [-0.2, 0) is 6.54 Å². The van der Waals surface area contributed by atoms with Crippen LogP contribution in [0.3, 0.4) is 0 Å². The predicted molar refractivity (Wildman–Crippen MR) is 70.1 cm³/mol. The molecule has 0 saturated carbocycles. The number of hydrogen-bond donors (Lipinski definition) is 2. The molecule has 0 aliphatic carbocycles. The van der Waals surface area contributed by atoms with Gasteiger partial charge in [0.2, 0.25) is 5.76 Å². The molecule has 1 atom stereocenters. The Kier molecular flexibility index (Phi) is 2.53. The fraction of sp³-hybridized carbons (Fsp3) is 0.231. The van der Waals surface area contributed by atoms with Crippen LogP contribution in [-0.4, -0.2) is 26.9 Å². The molecule has 0 bridgehead atoms. The van der Waals surface area contributed by atoms with Crippen molar-refractivity contribution in [3.05, 3.63) is 30.2 Å². The minimum absolute atomic E-state index is 0.0378. The Balaban J connectivity index is 2.30. The number of rotatable bonds is 3. The van der Waals surface area contributed by atoms with E-state index in [-0.39, 0.29) is 11.8 Å². The van der Waals surface area contributed by atoms with E-state index >= 15 is 0 Å². The van der Waals surface area contributed by atoms with Gasteiger partial charge in [0.15, 0.2) is 0 Å². The van der Waals surface area contributed by atoms with Gasteiger partial charge in [0.25, 0.3) is 0 Å². The van der Waals surface area contributed by atoms with Crippen molar-refractivity contribution >= 4 is 27.8 Å². The molecule has 0 aliphatic rings. The largest absolute Gasteiger partial charge is 0.475 e. The number of aromatic carboxylic acids is 1. The van der Waals surface area contributed by atoms with Crippen molar-refractivity contribution < 1.29 is 14.3 Å². The van der Waals surface area contributed by atoms with Gasteiger partial charge in [-0.25, -0.2) is 4.79 Å². The van der Waals surface area contributed by atoms with Gasteiger partial charge in [-0.1, -0.05) is 0 Å². The molecule has 6 heteroatoms. The van der Waals surface area contributed by atoms with Crippen molar-refractivity contribution in [2.24, 2.45) is 5.73 Å². The number of carboxylic acids is 1. The van der Waals surface area contributed by atoms with Crippen molar-refractivity contribution in [2.45, 2.75) is 19.5 Å². The van der Waals surface area contributed by atoms with Gasteiger partial charge >= 0.3 is 5.97 Å². The average Bonchev–Trinajstić information content (AvgIpc) is 2.91. The zero-order chi connectivity index (χ0) is 13.6. The van der Waals surface area contributed by atoms with Gasteiger partial charge < -0.3 is 15.3 Å². The molecule has 1 aromatic carbocycles. The summed E-state index contributed by atoms with van der Waals surface area (Å²) in [5, 5.41) is 15.0. The molecule has 0 radical (unpaired) electrons. The highest BCUT2D eigenvalue weighted by Crippen LogP contribution is 2.28. The summed E-state index contributed by atoms with van der Waals surface area (Å²) >= 11 is 0. The Labute approximate surface area is 108 Å². The second-order valence-corrected chi connectivity index (χ2v) is 4.63. The van der Waals surface area contributed by atoms with Crippen molar-refractivity contribution in [3.8, 4) is 0 Å². The normalized spacial score (nSPS) is 13.2. The van der Waals surface area contributed by atoms with Gasteiger partial charge in [-0.15, -0.1) is 0 Å². The first-order chi connectivity index (χ1) is 9.06. The van der Waals surface area contributed by atoms with Gasteiger partial charge in [-0.05, 0) is 19.1 Å². The lowest BCUT2D eigenvalue weighted by Gasteiger charge is -2.06. The Morgan fingerprint density at radius 3 is 3.05 bits per heavy atom. The third-order valence-corrected chi connectivity index (χ3v) is 2.97. The van der Waals surface area contributed by atoms with Crippen molar-refractivity contribution in [2.75, 3.05) is 0 Å². The minimum atomic E-state index is -1.08. The number of aromatic nitrogens is 2. The number of carbonyl (C=O) groups is 1. The fourth-order valence-corrected chi connectivity index (χ4v) is 2.21. The summed E-state index contributed by atoms with van der Waals surface area (Å²) in [4.78, 5) is 11.0. The van der Waals surface area contributed by atoms with Crippen LogP contribution in [0.25, 0.3) is 21.9 Å². The standard InChI is InChI=1S/C13H13N3O3/c1-7(14)6-16-12-8(5-15-16)2-3-10-9(12)4-11(19-10)13(17)18/h2-5,7H,6,14H2,1H3,(H,17,18). The summed E-state index contributed by atoms with van der Waals surface area (Å²) in [7, 11) is 0. The molecule has 0 saturated heterocycles. The fourth-order valence-electron chi connectivity index (χ4n) is 2.21. The van der Waals surface area contributed by atoms with Crippen LogP contribution in [0.1, 0.15) is 17.5 Å². The van der Waals surface area contributed by atoms with E-state index in [1.54, 1.807) is 16.9 Å². The summed E-state index contributed by atoms with van der Waals surface area (Å²) in [6.45, 7) is 2.46. The van der Waals surface area contributed by atoms with E-state index in [9.17, 15) is 4.79 Å². The van der Waals surface area contributed by atoms with Crippen LogP contribution in [0, 0.1) is 0 Å². The Hall–Kier alpha value is -2.34. The first-order valence-electron chi connectivity index (χ1n) is 5.93. The van der Waals surface area contributed by atoms with Crippen molar-refractivity contribution in [1.29, 1.82) is 0 Å². The summed E-state index contributed by atoms with van der Waals surface area (Å²) in [5.74, 6) is -1.15. The third kappa shape index (κ3) is 1.86. The number of benzene rings is 1. The van der Waals surface area contributed by atoms with Crippen LogP contribution in [0.15, 0.2) is 28.8 Å². The lowest BCUT2D eigenvalue weighted by Crippen LogP contribution is -2.22.